The molecule has 0 spiro atoms. The van der Waals surface area contributed by atoms with E-state index < -0.39 is 0 Å². The predicted octanol–water partition coefficient (Wildman–Crippen LogP) is 5.72. The number of aromatic nitrogens is 2. The largest absolute Gasteiger partial charge is 0.321 e. The highest BCUT2D eigenvalue weighted by Crippen LogP contribution is 2.28. The van der Waals surface area contributed by atoms with Gasteiger partial charge in [-0.3, -0.25) is 9.78 Å². The van der Waals surface area contributed by atoms with E-state index in [1.807, 2.05) is 60.7 Å². The standard InChI is InChI=1S/C23H16ClN3O/c24-18-11-13-19(14-12-18)26-23(28)20-15-25-21(16-7-3-1-4-8-16)22(27-20)17-9-5-2-6-10-17/h1-15H,(H,26,28). The van der Waals surface area contributed by atoms with Gasteiger partial charge in [0, 0.05) is 21.8 Å². The van der Waals surface area contributed by atoms with Gasteiger partial charge in [0.25, 0.3) is 5.91 Å². The van der Waals surface area contributed by atoms with E-state index in [0.29, 0.717) is 16.4 Å². The lowest BCUT2D eigenvalue weighted by Gasteiger charge is -2.11. The van der Waals surface area contributed by atoms with Gasteiger partial charge in [-0.25, -0.2) is 4.98 Å². The molecule has 0 aliphatic heterocycles. The molecule has 0 unspecified atom stereocenters. The number of rotatable bonds is 4. The molecular weight excluding hydrogens is 370 g/mol. The minimum atomic E-state index is -0.327. The summed E-state index contributed by atoms with van der Waals surface area (Å²) in [6.45, 7) is 0. The third-order valence-corrected chi connectivity index (χ3v) is 4.45. The molecule has 4 rings (SSSR count). The average Bonchev–Trinajstić information content (AvgIpc) is 2.76. The van der Waals surface area contributed by atoms with E-state index in [9.17, 15) is 4.79 Å². The van der Waals surface area contributed by atoms with Crippen LogP contribution in [0.3, 0.4) is 0 Å². The molecule has 1 heterocycles. The van der Waals surface area contributed by atoms with Crippen molar-refractivity contribution in [1.82, 2.24) is 9.97 Å². The molecule has 28 heavy (non-hydrogen) atoms. The molecule has 0 radical (unpaired) electrons. The summed E-state index contributed by atoms with van der Waals surface area (Å²) < 4.78 is 0. The third kappa shape index (κ3) is 3.92. The average molecular weight is 386 g/mol. The van der Waals surface area contributed by atoms with Crippen molar-refractivity contribution >= 4 is 23.2 Å². The number of hydrogen-bond donors (Lipinski definition) is 1. The van der Waals surface area contributed by atoms with Crippen LogP contribution in [0.2, 0.25) is 5.02 Å². The summed E-state index contributed by atoms with van der Waals surface area (Å²) in [6.07, 6.45) is 1.50. The number of halogens is 1. The molecule has 1 N–H and O–H groups in total. The van der Waals surface area contributed by atoms with E-state index in [0.717, 1.165) is 16.8 Å². The maximum absolute atomic E-state index is 12.7. The molecule has 1 amide bonds. The van der Waals surface area contributed by atoms with Crippen LogP contribution in [0.15, 0.2) is 91.1 Å². The topological polar surface area (TPSA) is 54.9 Å². The first-order valence-electron chi connectivity index (χ1n) is 8.75. The van der Waals surface area contributed by atoms with Gasteiger partial charge in [-0.05, 0) is 24.3 Å². The second kappa shape index (κ2) is 8.03. The van der Waals surface area contributed by atoms with Crippen LogP contribution in [0.1, 0.15) is 10.5 Å². The van der Waals surface area contributed by atoms with E-state index in [-0.39, 0.29) is 11.6 Å². The summed E-state index contributed by atoms with van der Waals surface area (Å²) in [4.78, 5) is 21.9. The van der Waals surface area contributed by atoms with Crippen LogP contribution in [-0.2, 0) is 0 Å². The van der Waals surface area contributed by atoms with Crippen molar-refractivity contribution < 1.29 is 4.79 Å². The van der Waals surface area contributed by atoms with Gasteiger partial charge in [-0.1, -0.05) is 72.3 Å². The normalized spacial score (nSPS) is 10.5. The molecule has 136 valence electrons. The molecule has 5 heteroatoms. The van der Waals surface area contributed by atoms with Crippen LogP contribution in [0, 0.1) is 0 Å². The van der Waals surface area contributed by atoms with Gasteiger partial charge in [-0.2, -0.15) is 0 Å². The van der Waals surface area contributed by atoms with Crippen molar-refractivity contribution in [2.75, 3.05) is 5.32 Å². The fraction of sp³-hybridized carbons (Fsp3) is 0. The Kier molecular flexibility index (Phi) is 5.13. The van der Waals surface area contributed by atoms with Crippen LogP contribution >= 0.6 is 11.6 Å². The van der Waals surface area contributed by atoms with E-state index in [1.54, 1.807) is 24.3 Å². The van der Waals surface area contributed by atoms with Gasteiger partial charge in [-0.15, -0.1) is 0 Å². The Hall–Kier alpha value is -3.50. The summed E-state index contributed by atoms with van der Waals surface area (Å²) in [5, 5.41) is 3.43. The maximum Gasteiger partial charge on any atom is 0.275 e. The number of anilines is 1. The zero-order valence-corrected chi connectivity index (χ0v) is 15.6. The first-order chi connectivity index (χ1) is 13.7. The van der Waals surface area contributed by atoms with E-state index in [4.69, 9.17) is 11.6 Å². The zero-order valence-electron chi connectivity index (χ0n) is 14.8. The Balaban J connectivity index is 1.73. The van der Waals surface area contributed by atoms with Crippen molar-refractivity contribution in [1.29, 1.82) is 0 Å². The van der Waals surface area contributed by atoms with Crippen LogP contribution in [0.25, 0.3) is 22.5 Å². The highest BCUT2D eigenvalue weighted by atomic mass is 35.5. The Morgan fingerprint density at radius 3 is 1.93 bits per heavy atom. The fourth-order valence-corrected chi connectivity index (χ4v) is 2.96. The summed E-state index contributed by atoms with van der Waals surface area (Å²) in [5.74, 6) is -0.327. The van der Waals surface area contributed by atoms with Crippen LogP contribution in [0.5, 0.6) is 0 Å². The van der Waals surface area contributed by atoms with Gasteiger partial charge in [0.15, 0.2) is 0 Å². The Labute approximate surface area is 167 Å². The molecule has 0 saturated carbocycles. The predicted molar refractivity (Wildman–Crippen MR) is 112 cm³/mol. The number of hydrogen-bond acceptors (Lipinski definition) is 3. The Bertz CT molecular complexity index is 1100. The van der Waals surface area contributed by atoms with Crippen LogP contribution in [-0.4, -0.2) is 15.9 Å². The van der Waals surface area contributed by atoms with Crippen LogP contribution in [0.4, 0.5) is 5.69 Å². The van der Waals surface area contributed by atoms with Gasteiger partial charge < -0.3 is 5.32 Å². The number of nitrogens with one attached hydrogen (secondary N) is 1. The maximum atomic E-state index is 12.7. The molecule has 0 saturated heterocycles. The van der Waals surface area contributed by atoms with E-state index in [2.05, 4.69) is 15.3 Å². The minimum Gasteiger partial charge on any atom is -0.321 e. The molecule has 0 bridgehead atoms. The van der Waals surface area contributed by atoms with Gasteiger partial charge in [0.05, 0.1) is 17.6 Å². The molecule has 0 aliphatic carbocycles. The molecule has 4 aromatic rings. The first kappa shape index (κ1) is 17.9. The second-order valence-corrected chi connectivity index (χ2v) is 6.58. The molecule has 3 aromatic carbocycles. The minimum absolute atomic E-state index is 0.244. The number of nitrogens with zero attached hydrogens (tertiary/aromatic N) is 2. The summed E-state index contributed by atoms with van der Waals surface area (Å²) >= 11 is 5.89. The van der Waals surface area contributed by atoms with Gasteiger partial charge in [0.1, 0.15) is 5.69 Å². The number of benzene rings is 3. The first-order valence-corrected chi connectivity index (χ1v) is 9.13. The lowest BCUT2D eigenvalue weighted by Crippen LogP contribution is -2.15. The van der Waals surface area contributed by atoms with Crippen molar-refractivity contribution in [3.8, 4) is 22.5 Å². The highest BCUT2D eigenvalue weighted by molar-refractivity contribution is 6.30. The van der Waals surface area contributed by atoms with E-state index >= 15 is 0 Å². The number of amides is 1. The molecular formula is C23H16ClN3O. The SMILES string of the molecule is O=C(Nc1ccc(Cl)cc1)c1cnc(-c2ccccc2)c(-c2ccccc2)n1. The van der Waals surface area contributed by atoms with Crippen molar-refractivity contribution in [3.05, 3.63) is 102 Å². The molecule has 4 nitrogen and oxygen atoms in total. The lowest BCUT2D eigenvalue weighted by atomic mass is 10.0. The number of carbonyl (C=O) groups excluding carboxylic acids is 1. The third-order valence-electron chi connectivity index (χ3n) is 4.20. The highest BCUT2D eigenvalue weighted by Gasteiger charge is 2.16. The quantitative estimate of drug-likeness (QED) is 0.489. The Morgan fingerprint density at radius 1 is 0.750 bits per heavy atom. The van der Waals surface area contributed by atoms with Gasteiger partial charge in [0.2, 0.25) is 0 Å². The fourth-order valence-electron chi connectivity index (χ4n) is 2.83. The second-order valence-electron chi connectivity index (χ2n) is 6.15. The Morgan fingerprint density at radius 2 is 1.32 bits per heavy atom. The van der Waals surface area contributed by atoms with Crippen molar-refractivity contribution in [2.24, 2.45) is 0 Å². The molecule has 1 aromatic heterocycles. The van der Waals surface area contributed by atoms with Crippen LogP contribution < -0.4 is 5.32 Å². The lowest BCUT2D eigenvalue weighted by molar-refractivity contribution is 0.102. The summed E-state index contributed by atoms with van der Waals surface area (Å²) in [6, 6.07) is 26.5. The summed E-state index contributed by atoms with van der Waals surface area (Å²) in [7, 11) is 0. The smallest absolute Gasteiger partial charge is 0.275 e. The van der Waals surface area contributed by atoms with E-state index in [1.165, 1.54) is 6.20 Å². The number of carbonyl (C=O) groups is 1. The monoisotopic (exact) mass is 385 g/mol. The van der Waals surface area contributed by atoms with Gasteiger partial charge >= 0.3 is 0 Å². The van der Waals surface area contributed by atoms with Crippen molar-refractivity contribution in [2.45, 2.75) is 0 Å². The molecule has 0 fully saturated rings. The molecule has 0 aliphatic rings. The summed E-state index contributed by atoms with van der Waals surface area (Å²) in [5.41, 5.74) is 4.12. The molecule has 0 atom stereocenters. The zero-order chi connectivity index (χ0) is 19.3. The van der Waals surface area contributed by atoms with Crippen molar-refractivity contribution in [3.63, 3.8) is 0 Å².